The van der Waals surface area contributed by atoms with Gasteiger partial charge in [-0.05, 0) is 24.3 Å². The third kappa shape index (κ3) is 10.5. The maximum absolute atomic E-state index is 12.7. The summed E-state index contributed by atoms with van der Waals surface area (Å²) in [6, 6.07) is -4.95. The largest absolute Gasteiger partial charge is 0.480 e. The molecule has 0 aliphatic rings. The second-order valence-electron chi connectivity index (χ2n) is 7.07. The fourth-order valence-corrected chi connectivity index (χ4v) is 2.90. The first-order valence-electron chi connectivity index (χ1n) is 9.75. The van der Waals surface area contributed by atoms with Gasteiger partial charge in [-0.2, -0.15) is 11.8 Å². The smallest absolute Gasteiger partial charge is 0.326 e. The van der Waals surface area contributed by atoms with Gasteiger partial charge in [-0.15, -0.1) is 0 Å². The highest BCUT2D eigenvalue weighted by Crippen LogP contribution is 2.07. The Morgan fingerprint density at radius 3 is 1.94 bits per heavy atom. The summed E-state index contributed by atoms with van der Waals surface area (Å²) >= 11 is 1.44. The maximum Gasteiger partial charge on any atom is 0.326 e. The summed E-state index contributed by atoms with van der Waals surface area (Å²) in [6.07, 6.45) is 2.06. The minimum absolute atomic E-state index is 0.113. The predicted molar refractivity (Wildman–Crippen MR) is 115 cm³/mol. The summed E-state index contributed by atoms with van der Waals surface area (Å²) in [5, 5.41) is 25.5. The maximum atomic E-state index is 12.7. The van der Waals surface area contributed by atoms with E-state index in [1.54, 1.807) is 6.92 Å². The average molecular weight is 464 g/mol. The molecule has 0 radical (unpaired) electrons. The average Bonchev–Trinajstić information content (AvgIpc) is 2.72. The minimum Gasteiger partial charge on any atom is -0.480 e. The highest BCUT2D eigenvalue weighted by atomic mass is 32.2. The van der Waals surface area contributed by atoms with E-state index in [4.69, 9.17) is 16.6 Å². The van der Waals surface area contributed by atoms with Crippen LogP contribution in [0.5, 0.6) is 0 Å². The fraction of sp³-hybridized carbons (Fsp3) is 0.722. The molecule has 0 rings (SSSR count). The summed E-state index contributed by atoms with van der Waals surface area (Å²) in [5.41, 5.74) is 10.9. The van der Waals surface area contributed by atoms with E-state index in [9.17, 15) is 29.1 Å². The molecule has 31 heavy (non-hydrogen) atoms. The van der Waals surface area contributed by atoms with E-state index in [0.29, 0.717) is 12.2 Å². The molecule has 0 heterocycles. The van der Waals surface area contributed by atoms with Crippen LogP contribution in [0.25, 0.3) is 0 Å². The van der Waals surface area contributed by atoms with Gasteiger partial charge in [0, 0.05) is 0 Å². The molecule has 0 aromatic rings. The Bertz CT molecular complexity index is 649. The molecule has 0 aliphatic heterocycles. The van der Waals surface area contributed by atoms with Gasteiger partial charge in [0.15, 0.2) is 0 Å². The normalized spacial score (nSPS) is 15.6. The van der Waals surface area contributed by atoms with Crippen LogP contribution in [0.3, 0.4) is 0 Å². The molecule has 4 amide bonds. The van der Waals surface area contributed by atoms with Gasteiger partial charge in [-0.25, -0.2) is 4.79 Å². The lowest BCUT2D eigenvalue weighted by Crippen LogP contribution is -2.58. The SMILES string of the molecule is CCC(C)C(N)C(=O)NC(CCSC)C(=O)NC(CO)C(=O)NC(CC(N)=O)C(=O)O. The number of nitrogens with two attached hydrogens (primary N) is 2. The molecule has 12 nitrogen and oxygen atoms in total. The van der Waals surface area contributed by atoms with Gasteiger partial charge in [0.1, 0.15) is 18.1 Å². The van der Waals surface area contributed by atoms with Crippen LogP contribution in [0.4, 0.5) is 0 Å². The van der Waals surface area contributed by atoms with Gasteiger partial charge in [-0.3, -0.25) is 19.2 Å². The molecule has 0 spiro atoms. The van der Waals surface area contributed by atoms with Crippen LogP contribution in [-0.2, 0) is 24.0 Å². The lowest BCUT2D eigenvalue weighted by atomic mass is 9.99. The Labute approximate surface area is 185 Å². The summed E-state index contributed by atoms with van der Waals surface area (Å²) in [7, 11) is 0. The first-order valence-corrected chi connectivity index (χ1v) is 11.1. The third-order valence-electron chi connectivity index (χ3n) is 4.64. The highest BCUT2D eigenvalue weighted by molar-refractivity contribution is 7.98. The van der Waals surface area contributed by atoms with Crippen molar-refractivity contribution in [2.75, 3.05) is 18.6 Å². The molecule has 0 aliphatic carbocycles. The van der Waals surface area contributed by atoms with E-state index in [1.165, 1.54) is 11.8 Å². The van der Waals surface area contributed by atoms with E-state index in [0.717, 1.165) is 0 Å². The fourth-order valence-electron chi connectivity index (χ4n) is 2.42. The molecule has 5 unspecified atom stereocenters. The minimum atomic E-state index is -1.61. The number of carbonyl (C=O) groups excluding carboxylic acids is 4. The van der Waals surface area contributed by atoms with Crippen LogP contribution in [0.1, 0.15) is 33.1 Å². The summed E-state index contributed by atoms with van der Waals surface area (Å²) in [5.74, 6) is -4.32. The Morgan fingerprint density at radius 2 is 1.48 bits per heavy atom. The highest BCUT2D eigenvalue weighted by Gasteiger charge is 2.31. The first-order chi connectivity index (χ1) is 14.5. The van der Waals surface area contributed by atoms with Crippen LogP contribution in [0.15, 0.2) is 0 Å². The van der Waals surface area contributed by atoms with Crippen molar-refractivity contribution in [1.29, 1.82) is 0 Å². The molecular formula is C18H33N5O7S. The van der Waals surface area contributed by atoms with E-state index in [1.807, 2.05) is 18.5 Å². The predicted octanol–water partition coefficient (Wildman–Crippen LogP) is -2.48. The van der Waals surface area contributed by atoms with Gasteiger partial charge in [0.05, 0.1) is 19.1 Å². The number of aliphatic hydroxyl groups excluding tert-OH is 1. The number of amides is 4. The van der Waals surface area contributed by atoms with Gasteiger partial charge in [0.2, 0.25) is 23.6 Å². The van der Waals surface area contributed by atoms with E-state index >= 15 is 0 Å². The molecule has 0 aromatic carbocycles. The zero-order chi connectivity index (χ0) is 24.1. The molecule has 0 bridgehead atoms. The monoisotopic (exact) mass is 463 g/mol. The lowest BCUT2D eigenvalue weighted by molar-refractivity contribution is -0.144. The second-order valence-corrected chi connectivity index (χ2v) is 8.05. The van der Waals surface area contributed by atoms with Gasteiger partial charge in [-0.1, -0.05) is 20.3 Å². The van der Waals surface area contributed by atoms with Crippen molar-refractivity contribution in [3.05, 3.63) is 0 Å². The molecule has 9 N–H and O–H groups in total. The Kier molecular flexibility index (Phi) is 13.5. The molecule has 13 heteroatoms. The van der Waals surface area contributed by atoms with Crippen molar-refractivity contribution in [2.24, 2.45) is 17.4 Å². The van der Waals surface area contributed by atoms with E-state index in [-0.39, 0.29) is 12.3 Å². The lowest BCUT2D eigenvalue weighted by Gasteiger charge is -2.25. The number of aliphatic hydroxyl groups is 1. The number of aliphatic carboxylic acids is 1. The number of carboxylic acids is 1. The Hall–Kier alpha value is -2.38. The van der Waals surface area contributed by atoms with Gasteiger partial charge in [0.25, 0.3) is 0 Å². The van der Waals surface area contributed by atoms with Crippen molar-refractivity contribution in [3.63, 3.8) is 0 Å². The number of thioether (sulfide) groups is 1. The van der Waals surface area contributed by atoms with Crippen molar-refractivity contribution >= 4 is 41.4 Å². The second kappa shape index (κ2) is 14.6. The number of rotatable bonds is 15. The van der Waals surface area contributed by atoms with Crippen molar-refractivity contribution < 1.29 is 34.2 Å². The molecule has 0 aromatic heterocycles. The molecule has 0 saturated heterocycles. The standard InChI is InChI=1S/C18H33N5O7S/c1-4-9(2)14(20)17(28)21-10(5-6-31-3)15(26)23-12(8-24)16(27)22-11(18(29)30)7-13(19)25/h9-12,14,24H,4-8,20H2,1-3H3,(H2,19,25)(H,21,28)(H,22,27)(H,23,26)(H,29,30). The molecule has 0 saturated carbocycles. The number of hydrogen-bond donors (Lipinski definition) is 7. The number of carboxylic acid groups (broad SMARTS) is 1. The molecular weight excluding hydrogens is 430 g/mol. The van der Waals surface area contributed by atoms with E-state index < -0.39 is 66.8 Å². The Balaban J connectivity index is 5.24. The van der Waals surface area contributed by atoms with E-state index in [2.05, 4.69) is 10.6 Å². The van der Waals surface area contributed by atoms with Crippen molar-refractivity contribution in [3.8, 4) is 0 Å². The molecule has 178 valence electrons. The molecule has 0 fully saturated rings. The quantitative estimate of drug-likeness (QED) is 0.137. The number of primary amides is 1. The summed E-state index contributed by atoms with van der Waals surface area (Å²) < 4.78 is 0. The topological polar surface area (TPSA) is 214 Å². The van der Waals surface area contributed by atoms with Crippen LogP contribution < -0.4 is 27.4 Å². The van der Waals surface area contributed by atoms with Crippen molar-refractivity contribution in [1.82, 2.24) is 16.0 Å². The first kappa shape index (κ1) is 28.6. The van der Waals surface area contributed by atoms with Crippen molar-refractivity contribution in [2.45, 2.75) is 57.3 Å². The number of hydrogen-bond acceptors (Lipinski definition) is 8. The zero-order valence-electron chi connectivity index (χ0n) is 17.9. The van der Waals surface area contributed by atoms with Crippen LogP contribution >= 0.6 is 11.8 Å². The third-order valence-corrected chi connectivity index (χ3v) is 5.28. The van der Waals surface area contributed by atoms with Gasteiger partial charge >= 0.3 is 5.97 Å². The zero-order valence-corrected chi connectivity index (χ0v) is 18.7. The number of nitrogens with one attached hydrogen (secondary N) is 3. The van der Waals surface area contributed by atoms with Crippen LogP contribution in [-0.4, -0.2) is 82.6 Å². The summed E-state index contributed by atoms with van der Waals surface area (Å²) in [6.45, 7) is 2.84. The Morgan fingerprint density at radius 1 is 0.968 bits per heavy atom. The van der Waals surface area contributed by atoms with Crippen LogP contribution in [0, 0.1) is 5.92 Å². The molecule has 5 atom stereocenters. The number of carbonyl (C=O) groups is 5. The van der Waals surface area contributed by atoms with Crippen LogP contribution in [0.2, 0.25) is 0 Å². The summed E-state index contributed by atoms with van der Waals surface area (Å²) in [4.78, 5) is 59.4. The van der Waals surface area contributed by atoms with Gasteiger partial charge < -0.3 is 37.6 Å².